The van der Waals surface area contributed by atoms with Gasteiger partial charge in [0.25, 0.3) is 11.6 Å². The molecule has 1 amide bonds. The monoisotopic (exact) mass is 360 g/mol. The molecule has 4 rings (SSSR count). The van der Waals surface area contributed by atoms with Gasteiger partial charge in [0.15, 0.2) is 5.69 Å². The summed E-state index contributed by atoms with van der Waals surface area (Å²) in [5.74, 6) is 0.599. The van der Waals surface area contributed by atoms with Crippen LogP contribution in [0.3, 0.4) is 0 Å². The van der Waals surface area contributed by atoms with Gasteiger partial charge in [0, 0.05) is 36.9 Å². The van der Waals surface area contributed by atoms with E-state index in [1.165, 1.54) is 22.8 Å². The predicted molar refractivity (Wildman–Crippen MR) is 88.7 cm³/mol. The number of fused-ring (bicyclic) bond motifs is 2. The summed E-state index contributed by atoms with van der Waals surface area (Å²) in [6.45, 7) is 2.41. The van der Waals surface area contributed by atoms with Crippen LogP contribution in [0.2, 0.25) is 5.02 Å². The minimum atomic E-state index is -0.543. The molecule has 128 valence electrons. The first-order valence-electron chi connectivity index (χ1n) is 7.66. The zero-order valence-electron chi connectivity index (χ0n) is 13.2. The third kappa shape index (κ3) is 2.45. The molecule has 0 aliphatic carbocycles. The molecule has 0 bridgehead atoms. The van der Waals surface area contributed by atoms with E-state index < -0.39 is 4.92 Å². The Morgan fingerprint density at radius 1 is 1.48 bits per heavy atom. The summed E-state index contributed by atoms with van der Waals surface area (Å²) >= 11 is 5.90. The number of aromatic nitrogens is 2. The number of rotatable bonds is 2. The fourth-order valence-electron chi connectivity index (χ4n) is 3.23. The highest BCUT2D eigenvalue weighted by Gasteiger charge is 2.31. The molecule has 8 nitrogen and oxygen atoms in total. The Bertz CT molecular complexity index is 1010. The first-order chi connectivity index (χ1) is 12.0. The molecule has 1 aliphatic heterocycles. The van der Waals surface area contributed by atoms with E-state index in [2.05, 4.69) is 5.10 Å². The van der Waals surface area contributed by atoms with Crippen LogP contribution in [-0.2, 0) is 6.42 Å². The maximum atomic E-state index is 12.9. The molecular weight excluding hydrogens is 348 g/mol. The quantitative estimate of drug-likeness (QED) is 0.516. The summed E-state index contributed by atoms with van der Waals surface area (Å²) in [6, 6.07) is 4.37. The van der Waals surface area contributed by atoms with Crippen molar-refractivity contribution >= 4 is 28.7 Å². The van der Waals surface area contributed by atoms with Gasteiger partial charge in [-0.25, -0.2) is 4.52 Å². The van der Waals surface area contributed by atoms with Gasteiger partial charge in [-0.1, -0.05) is 11.6 Å². The van der Waals surface area contributed by atoms with Crippen molar-refractivity contribution in [3.05, 3.63) is 62.8 Å². The number of hydrogen-bond donors (Lipinski definition) is 0. The Hall–Kier alpha value is -2.87. The van der Waals surface area contributed by atoms with Crippen molar-refractivity contribution < 1.29 is 14.1 Å². The van der Waals surface area contributed by atoms with Crippen molar-refractivity contribution in [2.24, 2.45) is 0 Å². The molecule has 1 atom stereocenters. The number of amides is 1. The van der Waals surface area contributed by atoms with E-state index in [1.807, 2.05) is 13.0 Å². The Balaban J connectivity index is 1.74. The number of hydrogen-bond acceptors (Lipinski definition) is 5. The van der Waals surface area contributed by atoms with Crippen molar-refractivity contribution in [1.82, 2.24) is 14.5 Å². The smallest absolute Gasteiger partial charge is 0.296 e. The van der Waals surface area contributed by atoms with Crippen molar-refractivity contribution in [2.75, 3.05) is 6.54 Å². The van der Waals surface area contributed by atoms with E-state index in [-0.39, 0.29) is 33.9 Å². The van der Waals surface area contributed by atoms with Gasteiger partial charge in [-0.05, 0) is 13.0 Å². The van der Waals surface area contributed by atoms with Crippen LogP contribution in [0.15, 0.2) is 35.1 Å². The summed E-state index contributed by atoms with van der Waals surface area (Å²) in [5, 5.41) is 15.6. The molecule has 0 spiro atoms. The molecule has 0 N–H and O–H groups in total. The summed E-state index contributed by atoms with van der Waals surface area (Å²) < 4.78 is 6.69. The summed E-state index contributed by atoms with van der Waals surface area (Å²) in [5.41, 5.74) is 1.15. The van der Waals surface area contributed by atoms with Crippen LogP contribution in [0, 0.1) is 10.1 Å². The van der Waals surface area contributed by atoms with E-state index in [9.17, 15) is 14.9 Å². The molecule has 3 aromatic rings. The first-order valence-corrected chi connectivity index (χ1v) is 8.04. The van der Waals surface area contributed by atoms with Crippen LogP contribution >= 0.6 is 11.6 Å². The minimum absolute atomic E-state index is 0.143. The van der Waals surface area contributed by atoms with Gasteiger partial charge >= 0.3 is 0 Å². The highest BCUT2D eigenvalue weighted by Crippen LogP contribution is 2.32. The van der Waals surface area contributed by atoms with Gasteiger partial charge in [-0.2, -0.15) is 5.10 Å². The normalized spacial score (nSPS) is 16.9. The van der Waals surface area contributed by atoms with E-state index >= 15 is 0 Å². The highest BCUT2D eigenvalue weighted by atomic mass is 35.5. The minimum Gasteiger partial charge on any atom is -0.469 e. The molecule has 25 heavy (non-hydrogen) atoms. The highest BCUT2D eigenvalue weighted by molar-refractivity contribution is 6.30. The number of nitrogens with zero attached hydrogens (tertiary/aromatic N) is 4. The fourth-order valence-corrected chi connectivity index (χ4v) is 3.42. The third-order valence-corrected chi connectivity index (χ3v) is 4.68. The zero-order chi connectivity index (χ0) is 17.7. The predicted octanol–water partition coefficient (Wildman–Crippen LogP) is 3.25. The van der Waals surface area contributed by atoms with Crippen LogP contribution in [0.5, 0.6) is 0 Å². The van der Waals surface area contributed by atoms with Crippen LogP contribution in [-0.4, -0.2) is 31.9 Å². The van der Waals surface area contributed by atoms with Gasteiger partial charge < -0.3 is 9.32 Å². The SMILES string of the molecule is CC1c2ccoc2CCN1C(=O)c1cc2c([N+](=O)[O-])cc(Cl)cn2n1. The van der Waals surface area contributed by atoms with Gasteiger partial charge in [0.1, 0.15) is 11.3 Å². The van der Waals surface area contributed by atoms with Crippen LogP contribution in [0.1, 0.15) is 34.8 Å². The fraction of sp³-hybridized carbons (Fsp3) is 0.250. The molecule has 1 unspecified atom stereocenters. The molecule has 1 aliphatic rings. The van der Waals surface area contributed by atoms with Crippen LogP contribution in [0.25, 0.3) is 5.52 Å². The largest absolute Gasteiger partial charge is 0.469 e. The standard InChI is InChI=1S/C16H13ClN4O4/c1-9-11-3-5-25-15(11)2-4-19(9)16(22)12-7-13-14(21(23)24)6-10(17)8-20(13)18-12/h3,5-9H,2,4H2,1H3. The molecule has 0 radical (unpaired) electrons. The molecular formula is C16H13ClN4O4. The van der Waals surface area contributed by atoms with Crippen LogP contribution in [0.4, 0.5) is 5.69 Å². The molecule has 3 aromatic heterocycles. The van der Waals surface area contributed by atoms with Crippen LogP contribution < -0.4 is 0 Å². The number of pyridine rings is 1. The van der Waals surface area contributed by atoms with Gasteiger partial charge in [-0.3, -0.25) is 14.9 Å². The van der Waals surface area contributed by atoms with E-state index in [0.717, 1.165) is 11.3 Å². The lowest BCUT2D eigenvalue weighted by Crippen LogP contribution is -2.38. The number of halogens is 1. The number of nitro groups is 1. The maximum Gasteiger partial charge on any atom is 0.296 e. The van der Waals surface area contributed by atoms with E-state index in [0.29, 0.717) is 13.0 Å². The maximum absolute atomic E-state index is 12.9. The summed E-state index contributed by atoms with van der Waals surface area (Å²) in [4.78, 5) is 25.2. The van der Waals surface area contributed by atoms with E-state index in [4.69, 9.17) is 16.0 Å². The Kier molecular flexibility index (Phi) is 3.50. The molecule has 0 fully saturated rings. The molecule has 9 heteroatoms. The molecule has 0 saturated carbocycles. The van der Waals surface area contributed by atoms with Crippen molar-refractivity contribution in [2.45, 2.75) is 19.4 Å². The molecule has 0 aromatic carbocycles. The van der Waals surface area contributed by atoms with Crippen molar-refractivity contribution in [3.8, 4) is 0 Å². The zero-order valence-corrected chi connectivity index (χ0v) is 13.9. The summed E-state index contributed by atoms with van der Waals surface area (Å²) in [6.07, 6.45) is 3.68. The average Bonchev–Trinajstić information content (AvgIpc) is 3.20. The second kappa shape index (κ2) is 5.59. The average molecular weight is 361 g/mol. The third-order valence-electron chi connectivity index (χ3n) is 4.47. The summed E-state index contributed by atoms with van der Waals surface area (Å²) in [7, 11) is 0. The number of carbonyl (C=O) groups excluding carboxylic acids is 1. The Morgan fingerprint density at radius 2 is 2.28 bits per heavy atom. The van der Waals surface area contributed by atoms with Gasteiger partial charge in [0.05, 0.1) is 22.3 Å². The number of furan rings is 1. The molecule has 0 saturated heterocycles. The first kappa shape index (κ1) is 15.6. The Morgan fingerprint density at radius 3 is 3.04 bits per heavy atom. The lowest BCUT2D eigenvalue weighted by atomic mass is 10.0. The van der Waals surface area contributed by atoms with E-state index in [1.54, 1.807) is 11.2 Å². The second-order valence-corrected chi connectivity index (χ2v) is 6.32. The van der Waals surface area contributed by atoms with Crippen molar-refractivity contribution in [1.29, 1.82) is 0 Å². The lowest BCUT2D eigenvalue weighted by Gasteiger charge is -2.32. The van der Waals surface area contributed by atoms with Gasteiger partial charge in [-0.15, -0.1) is 0 Å². The topological polar surface area (TPSA) is 93.9 Å². The Labute approximate surface area is 146 Å². The number of carbonyl (C=O) groups is 1. The second-order valence-electron chi connectivity index (χ2n) is 5.88. The lowest BCUT2D eigenvalue weighted by molar-refractivity contribution is -0.383. The van der Waals surface area contributed by atoms with Crippen molar-refractivity contribution in [3.63, 3.8) is 0 Å². The molecule has 4 heterocycles. The van der Waals surface area contributed by atoms with Gasteiger partial charge in [0.2, 0.25) is 0 Å².